The van der Waals surface area contributed by atoms with Crippen LogP contribution in [0.25, 0.3) is 0 Å². The summed E-state index contributed by atoms with van der Waals surface area (Å²) in [5, 5.41) is 21.0. The largest absolute Gasteiger partial charge is 0.481 e. The van der Waals surface area contributed by atoms with Crippen LogP contribution < -0.4 is 11.1 Å². The number of carboxylic acid groups (broad SMARTS) is 2. The Labute approximate surface area is 180 Å². The number of anilines is 1. The molecule has 1 aliphatic rings. The van der Waals surface area contributed by atoms with Crippen LogP contribution in [0, 0.1) is 0 Å². The van der Waals surface area contributed by atoms with Gasteiger partial charge in [0.15, 0.2) is 11.3 Å². The number of rotatable bonds is 6. The second-order valence-corrected chi connectivity index (χ2v) is 8.18. The van der Waals surface area contributed by atoms with Gasteiger partial charge in [-0.3, -0.25) is 13.8 Å². The number of carboxylic acids is 2. The number of ketones is 1. The van der Waals surface area contributed by atoms with Crippen molar-refractivity contribution in [3.8, 4) is 0 Å². The fourth-order valence-corrected chi connectivity index (χ4v) is 3.99. The number of fused-ring (bicyclic) bond motifs is 1. The molecule has 1 aromatic carbocycles. The van der Waals surface area contributed by atoms with Crippen molar-refractivity contribution in [3.63, 3.8) is 0 Å². The minimum atomic E-state index is -4.93. The van der Waals surface area contributed by atoms with Gasteiger partial charge in [-0.1, -0.05) is 11.6 Å². The zero-order chi connectivity index (χ0) is 23.9. The minimum absolute atomic E-state index is 0.400. The molecule has 1 aromatic rings. The number of Topliss-reactive ketones (excluding diaryl/α,β-unsaturated/α-hetero) is 1. The number of nitrogens with two attached hydrogens (primary N) is 1. The average molecular weight is 482 g/mol. The maximum absolute atomic E-state index is 13.3. The number of alkyl halides is 3. The summed E-state index contributed by atoms with van der Waals surface area (Å²) in [5.41, 5.74) is -0.0778. The summed E-state index contributed by atoms with van der Waals surface area (Å²) in [6.07, 6.45) is -5.11. The van der Waals surface area contributed by atoms with Crippen molar-refractivity contribution >= 4 is 51.6 Å². The predicted molar refractivity (Wildman–Crippen MR) is 105 cm³/mol. The molecule has 0 amide bonds. The Morgan fingerprint density at radius 1 is 1.29 bits per heavy atom. The summed E-state index contributed by atoms with van der Waals surface area (Å²) in [6, 6.07) is 0.927. The van der Waals surface area contributed by atoms with Gasteiger partial charge in [0.2, 0.25) is 0 Å². The molecule has 2 rings (SSSR count). The van der Waals surface area contributed by atoms with E-state index in [0.717, 1.165) is 13.2 Å². The predicted octanol–water partition coefficient (Wildman–Crippen LogP) is 2.08. The van der Waals surface area contributed by atoms with E-state index in [-0.39, 0.29) is 0 Å². The Hall–Kier alpha value is -2.93. The molecular weight excluding hydrogens is 467 g/mol. The number of hydrogen-bond acceptors (Lipinski definition) is 7. The summed E-state index contributed by atoms with van der Waals surface area (Å²) in [4.78, 5) is 38.7. The molecule has 5 N–H and O–H groups in total. The molecule has 2 unspecified atom stereocenters. The fourth-order valence-electron chi connectivity index (χ4n) is 2.90. The van der Waals surface area contributed by atoms with Crippen molar-refractivity contribution in [2.75, 3.05) is 11.6 Å². The van der Waals surface area contributed by atoms with Gasteiger partial charge in [-0.2, -0.15) is 13.2 Å². The molecule has 0 aliphatic carbocycles. The van der Waals surface area contributed by atoms with Crippen LogP contribution in [0.1, 0.15) is 24.5 Å². The Balaban J connectivity index is 2.99. The average Bonchev–Trinajstić information content (AvgIpc) is 2.60. The van der Waals surface area contributed by atoms with E-state index in [1.807, 2.05) is 0 Å². The van der Waals surface area contributed by atoms with Crippen molar-refractivity contribution in [2.24, 2.45) is 10.7 Å². The highest BCUT2D eigenvalue weighted by molar-refractivity contribution is 7.89. The lowest BCUT2D eigenvalue weighted by Gasteiger charge is -2.34. The number of benzene rings is 1. The molecule has 0 saturated heterocycles. The molecule has 14 heteroatoms. The van der Waals surface area contributed by atoms with Gasteiger partial charge in [0.1, 0.15) is 10.7 Å². The van der Waals surface area contributed by atoms with E-state index in [0.29, 0.717) is 12.1 Å². The van der Waals surface area contributed by atoms with Gasteiger partial charge in [0.05, 0.1) is 39.2 Å². The first-order chi connectivity index (χ1) is 14.1. The van der Waals surface area contributed by atoms with Crippen molar-refractivity contribution in [1.29, 1.82) is 0 Å². The SMILES string of the molecule is CC(=O)C(N)=C(C1=NC(CC(=O)O)(C(=O)O)c2cc(C(F)(F)F)cc(Cl)c2N1)S(C)=O. The number of halogens is 4. The summed E-state index contributed by atoms with van der Waals surface area (Å²) in [5.74, 6) is -4.92. The number of nitrogens with one attached hydrogen (secondary N) is 1. The first-order valence-corrected chi connectivity index (χ1v) is 10.1. The van der Waals surface area contributed by atoms with Crippen LogP contribution >= 0.6 is 11.6 Å². The Morgan fingerprint density at radius 3 is 2.29 bits per heavy atom. The lowest BCUT2D eigenvalue weighted by Crippen LogP contribution is -2.43. The summed E-state index contributed by atoms with van der Waals surface area (Å²) in [6.45, 7) is 1.03. The van der Waals surface area contributed by atoms with Gasteiger partial charge < -0.3 is 21.3 Å². The third-order valence-corrected chi connectivity index (χ3v) is 5.58. The number of carbonyl (C=O) groups is 3. The Morgan fingerprint density at radius 2 is 1.87 bits per heavy atom. The molecule has 0 fully saturated rings. The van der Waals surface area contributed by atoms with E-state index >= 15 is 0 Å². The van der Waals surface area contributed by atoms with Crippen LogP contribution in [0.15, 0.2) is 27.7 Å². The molecule has 1 aliphatic heterocycles. The number of carbonyl (C=O) groups excluding carboxylic acids is 1. The first kappa shape index (κ1) is 24.3. The van der Waals surface area contributed by atoms with Crippen LogP contribution in [-0.4, -0.2) is 44.2 Å². The maximum Gasteiger partial charge on any atom is 0.416 e. The zero-order valence-electron chi connectivity index (χ0n) is 15.8. The molecule has 31 heavy (non-hydrogen) atoms. The van der Waals surface area contributed by atoms with Crippen LogP contribution in [0.2, 0.25) is 5.02 Å². The van der Waals surface area contributed by atoms with Crippen molar-refractivity contribution in [3.05, 3.63) is 38.9 Å². The van der Waals surface area contributed by atoms with Crippen molar-refractivity contribution in [1.82, 2.24) is 0 Å². The monoisotopic (exact) mass is 481 g/mol. The lowest BCUT2D eigenvalue weighted by atomic mass is 9.83. The van der Waals surface area contributed by atoms with Gasteiger partial charge in [-0.15, -0.1) is 0 Å². The summed E-state index contributed by atoms with van der Waals surface area (Å²) in [7, 11) is -2.04. The molecule has 0 aromatic heterocycles. The highest BCUT2D eigenvalue weighted by atomic mass is 35.5. The summed E-state index contributed by atoms with van der Waals surface area (Å²) >= 11 is 5.97. The zero-order valence-corrected chi connectivity index (χ0v) is 17.4. The third-order valence-electron chi connectivity index (χ3n) is 4.30. The molecule has 0 saturated carbocycles. The standard InChI is InChI=1S/C17H15ClF3N3O6S/c1-6(25)11(22)13(31(2)30)14-23-12-8(3-7(4-9(12)18)17(19,20)21)16(24-14,15(28)29)5-10(26)27/h3-4H,5,22H2,1-2H3,(H,23,24)(H,26,27)(H,28,29). The topological polar surface area (TPSA) is 159 Å². The fraction of sp³-hybridized carbons (Fsp3) is 0.294. The molecule has 9 nitrogen and oxygen atoms in total. The number of aliphatic carboxylic acids is 2. The quantitative estimate of drug-likeness (QED) is 0.449. The van der Waals surface area contributed by atoms with Crippen LogP contribution in [0.4, 0.5) is 18.9 Å². The molecular formula is C17H15ClF3N3O6S. The minimum Gasteiger partial charge on any atom is -0.481 e. The van der Waals surface area contributed by atoms with Crippen molar-refractivity contribution in [2.45, 2.75) is 25.1 Å². The molecule has 0 radical (unpaired) electrons. The summed E-state index contributed by atoms with van der Waals surface area (Å²) < 4.78 is 52.1. The number of allylic oxidation sites excluding steroid dienone is 1. The Bertz CT molecular complexity index is 1090. The van der Waals surface area contributed by atoms with Gasteiger partial charge >= 0.3 is 18.1 Å². The first-order valence-electron chi connectivity index (χ1n) is 8.19. The van der Waals surface area contributed by atoms with E-state index < -0.39 is 84.9 Å². The number of amidine groups is 1. The molecule has 168 valence electrons. The Kier molecular flexibility index (Phi) is 6.52. The maximum atomic E-state index is 13.3. The van der Waals surface area contributed by atoms with Gasteiger partial charge in [-0.05, 0) is 12.1 Å². The van der Waals surface area contributed by atoms with Crippen LogP contribution in [0.3, 0.4) is 0 Å². The van der Waals surface area contributed by atoms with Gasteiger partial charge in [0, 0.05) is 18.7 Å². The third kappa shape index (κ3) is 4.56. The van der Waals surface area contributed by atoms with E-state index in [2.05, 4.69) is 10.3 Å². The van der Waals surface area contributed by atoms with E-state index in [1.54, 1.807) is 0 Å². The van der Waals surface area contributed by atoms with Crippen LogP contribution in [0.5, 0.6) is 0 Å². The van der Waals surface area contributed by atoms with E-state index in [1.165, 1.54) is 0 Å². The van der Waals surface area contributed by atoms with Crippen LogP contribution in [-0.2, 0) is 36.9 Å². The molecule has 1 heterocycles. The molecule has 0 spiro atoms. The number of aliphatic imine (C=N–C) groups is 1. The number of nitrogens with zero attached hydrogens (tertiary/aromatic N) is 1. The highest BCUT2D eigenvalue weighted by Gasteiger charge is 2.49. The highest BCUT2D eigenvalue weighted by Crippen LogP contribution is 2.46. The second-order valence-electron chi connectivity index (χ2n) is 6.45. The lowest BCUT2D eigenvalue weighted by molar-refractivity contribution is -0.150. The van der Waals surface area contributed by atoms with Gasteiger partial charge in [0.25, 0.3) is 0 Å². The van der Waals surface area contributed by atoms with Crippen molar-refractivity contribution < 1.29 is 42.0 Å². The normalized spacial score (nSPS) is 20.0. The van der Waals surface area contributed by atoms with E-state index in [4.69, 9.17) is 17.3 Å². The molecule has 2 atom stereocenters. The smallest absolute Gasteiger partial charge is 0.416 e. The second kappa shape index (κ2) is 8.30. The van der Waals surface area contributed by atoms with E-state index in [9.17, 15) is 42.0 Å². The van der Waals surface area contributed by atoms with Gasteiger partial charge in [-0.25, -0.2) is 9.79 Å². The number of hydrogen-bond donors (Lipinski definition) is 4. The molecule has 0 bridgehead atoms.